The Labute approximate surface area is 99.7 Å². The number of benzene rings is 1. The third kappa shape index (κ3) is 5.79. The van der Waals surface area contributed by atoms with E-state index in [4.69, 9.17) is 11.2 Å². The van der Waals surface area contributed by atoms with Gasteiger partial charge in [0.1, 0.15) is 6.61 Å². The first kappa shape index (κ1) is 13.6. The molecule has 0 aliphatic carbocycles. The van der Waals surface area contributed by atoms with E-state index in [-0.39, 0.29) is 30.2 Å². The van der Waals surface area contributed by atoms with E-state index in [2.05, 4.69) is 5.32 Å². The fraction of sp³-hybridized carbons (Fsp3) is 0.182. The monoisotopic (exact) mass is 251 g/mol. The first-order valence-electron chi connectivity index (χ1n) is 4.17. The smallest absolute Gasteiger partial charge is 0.692 e. The van der Waals surface area contributed by atoms with Crippen molar-refractivity contribution in [1.82, 2.24) is 5.32 Å². The van der Waals surface area contributed by atoms with Crippen LogP contribution in [0.25, 0.3) is 0 Å². The molecular weight excluding hydrogens is 242 g/mol. The number of ether oxygens (including phenoxy) is 1. The minimum Gasteiger partial charge on any atom is -0.692 e. The van der Waals surface area contributed by atoms with E-state index >= 15 is 0 Å². The second kappa shape index (κ2) is 7.93. The summed E-state index contributed by atoms with van der Waals surface area (Å²) in [6.07, 6.45) is 6.04. The number of rotatable bonds is 3. The van der Waals surface area contributed by atoms with E-state index < -0.39 is 6.09 Å². The van der Waals surface area contributed by atoms with Crippen molar-refractivity contribution >= 4 is 6.09 Å². The van der Waals surface area contributed by atoms with E-state index in [1.807, 2.05) is 36.3 Å². The number of nitrogens with one attached hydrogen (secondary N) is 1. The first-order valence-corrected chi connectivity index (χ1v) is 4.17. The predicted molar refractivity (Wildman–Crippen MR) is 51.8 cm³/mol. The quantitative estimate of drug-likeness (QED) is 0.502. The van der Waals surface area contributed by atoms with Gasteiger partial charge in [-0.15, -0.1) is 0 Å². The van der Waals surface area contributed by atoms with Gasteiger partial charge in [0.15, 0.2) is 0 Å². The van der Waals surface area contributed by atoms with E-state index in [0.717, 1.165) is 5.56 Å². The van der Waals surface area contributed by atoms with Crippen molar-refractivity contribution in [2.24, 2.45) is 0 Å². The molecule has 1 amide bonds. The zero-order chi connectivity index (χ0) is 10.2. The molecule has 1 aromatic carbocycles. The van der Waals surface area contributed by atoms with Crippen molar-refractivity contribution in [3.05, 3.63) is 42.3 Å². The summed E-state index contributed by atoms with van der Waals surface area (Å²) in [5, 5.41) is 2.34. The Morgan fingerprint density at radius 3 is 2.67 bits per heavy atom. The van der Waals surface area contributed by atoms with Gasteiger partial charge in [0, 0.05) is 6.54 Å². The second-order valence-electron chi connectivity index (χ2n) is 2.59. The molecule has 0 aliphatic heterocycles. The van der Waals surface area contributed by atoms with Gasteiger partial charge in [0.2, 0.25) is 0 Å². The fourth-order valence-corrected chi connectivity index (χ4v) is 0.891. The van der Waals surface area contributed by atoms with E-state index in [9.17, 15) is 4.79 Å². The third-order valence-corrected chi connectivity index (χ3v) is 1.53. The van der Waals surface area contributed by atoms with Crippen molar-refractivity contribution < 1.29 is 26.6 Å². The third-order valence-electron chi connectivity index (χ3n) is 1.53. The molecule has 0 aliphatic rings. The molecule has 0 radical (unpaired) electrons. The van der Waals surface area contributed by atoms with Gasteiger partial charge < -0.3 is 22.4 Å². The van der Waals surface area contributed by atoms with Crippen molar-refractivity contribution in [2.75, 3.05) is 6.54 Å². The van der Waals surface area contributed by atoms with Crippen LogP contribution in [0.15, 0.2) is 30.3 Å². The van der Waals surface area contributed by atoms with Crippen molar-refractivity contribution in [3.63, 3.8) is 0 Å². The van der Waals surface area contributed by atoms with E-state index in [1.54, 1.807) is 0 Å². The molecule has 1 rings (SSSR count). The molecular formula is C11H10CuNO2. The van der Waals surface area contributed by atoms with Crippen LogP contribution in [0, 0.1) is 12.3 Å². The number of amides is 1. The SMILES string of the molecule is [C-]#CCNC(=O)OCc1ccccc1.[Cu+]. The Kier molecular flexibility index (Phi) is 7.17. The van der Waals surface area contributed by atoms with E-state index in [1.165, 1.54) is 0 Å². The van der Waals surface area contributed by atoms with Crippen LogP contribution < -0.4 is 5.32 Å². The molecule has 0 atom stereocenters. The van der Waals surface area contributed by atoms with Crippen LogP contribution in [-0.4, -0.2) is 12.6 Å². The molecule has 0 fully saturated rings. The topological polar surface area (TPSA) is 38.3 Å². The predicted octanol–water partition coefficient (Wildman–Crippen LogP) is 1.50. The number of carbonyl (C=O) groups is 1. The summed E-state index contributed by atoms with van der Waals surface area (Å²) in [4.78, 5) is 10.9. The molecule has 0 heterocycles. The van der Waals surface area contributed by atoms with Crippen LogP contribution in [-0.2, 0) is 28.4 Å². The summed E-state index contributed by atoms with van der Waals surface area (Å²) < 4.78 is 4.86. The molecule has 0 bridgehead atoms. The Bertz CT molecular complexity index is 332. The molecule has 82 valence electrons. The largest absolute Gasteiger partial charge is 1.00 e. The summed E-state index contributed by atoms with van der Waals surface area (Å²) >= 11 is 0. The summed E-state index contributed by atoms with van der Waals surface area (Å²) in [5.74, 6) is 2.03. The Morgan fingerprint density at radius 1 is 1.40 bits per heavy atom. The summed E-state index contributed by atoms with van der Waals surface area (Å²) in [7, 11) is 0. The molecule has 15 heavy (non-hydrogen) atoms. The average molecular weight is 252 g/mol. The number of hydrogen-bond acceptors (Lipinski definition) is 2. The van der Waals surface area contributed by atoms with Crippen LogP contribution >= 0.6 is 0 Å². The van der Waals surface area contributed by atoms with Crippen LogP contribution in [0.4, 0.5) is 4.79 Å². The van der Waals surface area contributed by atoms with Gasteiger partial charge in [0.05, 0.1) is 0 Å². The second-order valence-corrected chi connectivity index (χ2v) is 2.59. The number of alkyl carbamates (subject to hydrolysis) is 1. The van der Waals surface area contributed by atoms with Crippen molar-refractivity contribution in [3.8, 4) is 5.92 Å². The molecule has 0 saturated carbocycles. The van der Waals surface area contributed by atoms with Crippen molar-refractivity contribution in [2.45, 2.75) is 6.61 Å². The summed E-state index contributed by atoms with van der Waals surface area (Å²) in [6.45, 7) is 0.318. The zero-order valence-electron chi connectivity index (χ0n) is 7.92. The maximum atomic E-state index is 10.9. The molecule has 0 unspecified atom stereocenters. The van der Waals surface area contributed by atoms with Gasteiger partial charge in [0.25, 0.3) is 0 Å². The van der Waals surface area contributed by atoms with Crippen molar-refractivity contribution in [1.29, 1.82) is 0 Å². The molecule has 0 aromatic heterocycles. The number of hydrogen-bond donors (Lipinski definition) is 1. The molecule has 0 saturated heterocycles. The molecule has 3 nitrogen and oxygen atoms in total. The van der Waals surface area contributed by atoms with Crippen LogP contribution in [0.5, 0.6) is 0 Å². The van der Waals surface area contributed by atoms with E-state index in [0.29, 0.717) is 0 Å². The molecule has 1 aromatic rings. The van der Waals surface area contributed by atoms with Gasteiger partial charge in [-0.05, 0) is 5.56 Å². The Hall–Kier alpha value is -1.43. The zero-order valence-corrected chi connectivity index (χ0v) is 8.86. The van der Waals surface area contributed by atoms with Gasteiger partial charge in [-0.2, -0.15) is 0 Å². The van der Waals surface area contributed by atoms with Gasteiger partial charge in [-0.3, -0.25) is 0 Å². The molecule has 1 N–H and O–H groups in total. The maximum Gasteiger partial charge on any atom is 1.00 e. The fourth-order valence-electron chi connectivity index (χ4n) is 0.891. The standard InChI is InChI=1S/C11H10NO2.Cu/c1-2-8-12-11(13)14-9-10-6-4-3-5-7-10;/h3-7H,8-9H2,(H,12,13);/q-1;+1. The van der Waals surface area contributed by atoms with Crippen LogP contribution in [0.3, 0.4) is 0 Å². The van der Waals surface area contributed by atoms with Gasteiger partial charge in [-0.25, -0.2) is 4.79 Å². The number of carbonyl (C=O) groups excluding carboxylic acids is 1. The Morgan fingerprint density at radius 2 is 2.07 bits per heavy atom. The minimum absolute atomic E-state index is 0. The molecule has 0 spiro atoms. The van der Waals surface area contributed by atoms with Crippen LogP contribution in [0.1, 0.15) is 5.56 Å². The molecule has 4 heteroatoms. The van der Waals surface area contributed by atoms with Crippen LogP contribution in [0.2, 0.25) is 0 Å². The minimum atomic E-state index is -0.534. The summed E-state index contributed by atoms with van der Waals surface area (Å²) in [6, 6.07) is 9.39. The Balaban J connectivity index is 0.00000196. The first-order chi connectivity index (χ1) is 6.83. The normalized spacial score (nSPS) is 8.20. The van der Waals surface area contributed by atoms with Gasteiger partial charge in [-0.1, -0.05) is 30.3 Å². The summed E-state index contributed by atoms with van der Waals surface area (Å²) in [5.41, 5.74) is 0.932. The maximum absolute atomic E-state index is 10.9. The average Bonchev–Trinajstić information content (AvgIpc) is 2.25. The van der Waals surface area contributed by atoms with Gasteiger partial charge >= 0.3 is 23.2 Å².